The highest BCUT2D eigenvalue weighted by Crippen LogP contribution is 2.30. The van der Waals surface area contributed by atoms with E-state index in [1.807, 2.05) is 12.1 Å². The second-order valence-corrected chi connectivity index (χ2v) is 6.84. The molecule has 0 aliphatic heterocycles. The predicted octanol–water partition coefficient (Wildman–Crippen LogP) is 3.67. The van der Waals surface area contributed by atoms with Crippen molar-refractivity contribution in [3.63, 3.8) is 0 Å². The molecule has 1 N–H and O–H groups in total. The molecule has 21 heavy (non-hydrogen) atoms. The number of hydrogen-bond acceptors (Lipinski definition) is 3. The Morgan fingerprint density at radius 1 is 1.19 bits per heavy atom. The van der Waals surface area contributed by atoms with Crippen molar-refractivity contribution in [3.05, 3.63) is 29.8 Å². The zero-order chi connectivity index (χ0) is 16.0. The van der Waals surface area contributed by atoms with E-state index in [0.29, 0.717) is 5.92 Å². The van der Waals surface area contributed by atoms with Crippen molar-refractivity contribution in [1.82, 2.24) is 4.90 Å². The summed E-state index contributed by atoms with van der Waals surface area (Å²) in [5, 5.41) is 9.68. The van der Waals surface area contributed by atoms with Crippen LogP contribution < -0.4 is 4.74 Å². The van der Waals surface area contributed by atoms with Crippen LogP contribution >= 0.6 is 0 Å². The quantitative estimate of drug-likeness (QED) is 0.832. The van der Waals surface area contributed by atoms with Gasteiger partial charge in [0.05, 0.1) is 13.7 Å². The number of ether oxygens (including phenoxy) is 1. The standard InChI is InChI=1S/C18H31NO2/c1-14(16-9-7-8-10-17(16)21-6)11-12-15(13-20)19(5)18(2,3)4/h7-10,14-15,20H,11-13H2,1-6H3/t14-,15+/m1/s1. The maximum Gasteiger partial charge on any atom is 0.122 e. The molecule has 0 aliphatic rings. The SMILES string of the molecule is COc1ccccc1[C@H](C)CC[C@@H](CO)N(C)C(C)(C)C. The lowest BCUT2D eigenvalue weighted by Crippen LogP contribution is -2.47. The van der Waals surface area contributed by atoms with E-state index >= 15 is 0 Å². The Bertz CT molecular complexity index is 425. The van der Waals surface area contributed by atoms with Gasteiger partial charge < -0.3 is 9.84 Å². The van der Waals surface area contributed by atoms with E-state index in [4.69, 9.17) is 4.74 Å². The fourth-order valence-corrected chi connectivity index (χ4v) is 2.63. The van der Waals surface area contributed by atoms with Crippen molar-refractivity contribution in [1.29, 1.82) is 0 Å². The van der Waals surface area contributed by atoms with Gasteiger partial charge in [-0.2, -0.15) is 0 Å². The molecule has 2 atom stereocenters. The van der Waals surface area contributed by atoms with Crippen molar-refractivity contribution in [2.45, 2.75) is 58.0 Å². The highest BCUT2D eigenvalue weighted by molar-refractivity contribution is 5.35. The van der Waals surface area contributed by atoms with Crippen LogP contribution in [-0.2, 0) is 0 Å². The first kappa shape index (κ1) is 18.0. The third-order valence-electron chi connectivity index (χ3n) is 4.42. The largest absolute Gasteiger partial charge is 0.496 e. The molecule has 0 amide bonds. The number of para-hydroxylation sites is 1. The van der Waals surface area contributed by atoms with Crippen LogP contribution in [0.4, 0.5) is 0 Å². The average molecular weight is 293 g/mol. The van der Waals surface area contributed by atoms with Crippen molar-refractivity contribution < 1.29 is 9.84 Å². The Morgan fingerprint density at radius 2 is 1.81 bits per heavy atom. The van der Waals surface area contributed by atoms with Gasteiger partial charge in [-0.05, 0) is 58.2 Å². The minimum Gasteiger partial charge on any atom is -0.496 e. The minimum absolute atomic E-state index is 0.0705. The molecule has 3 heteroatoms. The lowest BCUT2D eigenvalue weighted by molar-refractivity contribution is 0.0651. The molecule has 0 aliphatic carbocycles. The summed E-state index contributed by atoms with van der Waals surface area (Å²) < 4.78 is 5.44. The number of aliphatic hydroxyl groups is 1. The molecule has 0 radical (unpaired) electrons. The van der Waals surface area contributed by atoms with Crippen LogP contribution in [0.1, 0.15) is 52.0 Å². The first-order valence-electron chi connectivity index (χ1n) is 7.78. The summed E-state index contributed by atoms with van der Waals surface area (Å²) in [7, 11) is 3.81. The third-order valence-corrected chi connectivity index (χ3v) is 4.42. The number of methoxy groups -OCH3 is 1. The van der Waals surface area contributed by atoms with E-state index in [1.54, 1.807) is 7.11 Å². The van der Waals surface area contributed by atoms with Gasteiger partial charge in [-0.15, -0.1) is 0 Å². The topological polar surface area (TPSA) is 32.7 Å². The van der Waals surface area contributed by atoms with E-state index < -0.39 is 0 Å². The van der Waals surface area contributed by atoms with Gasteiger partial charge in [0.15, 0.2) is 0 Å². The Kier molecular flexibility index (Phi) is 6.69. The smallest absolute Gasteiger partial charge is 0.122 e. The first-order valence-corrected chi connectivity index (χ1v) is 7.78. The van der Waals surface area contributed by atoms with Gasteiger partial charge in [0.1, 0.15) is 5.75 Å². The molecular weight excluding hydrogens is 262 g/mol. The van der Waals surface area contributed by atoms with Gasteiger partial charge in [-0.3, -0.25) is 4.90 Å². The van der Waals surface area contributed by atoms with E-state index in [0.717, 1.165) is 18.6 Å². The molecule has 0 unspecified atom stereocenters. The molecule has 0 spiro atoms. The number of likely N-dealkylation sites (N-methyl/N-ethyl adjacent to an activating group) is 1. The summed E-state index contributed by atoms with van der Waals surface area (Å²) in [4.78, 5) is 2.27. The Labute approximate surface area is 129 Å². The summed E-state index contributed by atoms with van der Waals surface area (Å²) in [5.41, 5.74) is 1.32. The average Bonchev–Trinajstić information content (AvgIpc) is 2.46. The lowest BCUT2D eigenvalue weighted by Gasteiger charge is -2.38. The van der Waals surface area contributed by atoms with Crippen LogP contribution in [0.5, 0.6) is 5.75 Å². The summed E-state index contributed by atoms with van der Waals surface area (Å²) in [6.07, 6.45) is 2.01. The van der Waals surface area contributed by atoms with Crippen molar-refractivity contribution in [3.8, 4) is 5.75 Å². The first-order chi connectivity index (χ1) is 9.81. The Hall–Kier alpha value is -1.06. The zero-order valence-corrected chi connectivity index (χ0v) is 14.4. The number of aliphatic hydroxyl groups excluding tert-OH is 1. The molecule has 0 fully saturated rings. The van der Waals surface area contributed by atoms with Gasteiger partial charge >= 0.3 is 0 Å². The lowest BCUT2D eigenvalue weighted by atomic mass is 9.92. The van der Waals surface area contributed by atoms with E-state index in [-0.39, 0.29) is 18.2 Å². The second-order valence-electron chi connectivity index (χ2n) is 6.84. The monoisotopic (exact) mass is 293 g/mol. The second kappa shape index (κ2) is 7.81. The van der Waals surface area contributed by atoms with Gasteiger partial charge in [0, 0.05) is 11.6 Å². The third kappa shape index (κ3) is 5.01. The van der Waals surface area contributed by atoms with Gasteiger partial charge in [0.2, 0.25) is 0 Å². The fraction of sp³-hybridized carbons (Fsp3) is 0.667. The molecule has 1 aromatic carbocycles. The van der Waals surface area contributed by atoms with Crippen LogP contribution in [0, 0.1) is 0 Å². The molecule has 3 nitrogen and oxygen atoms in total. The zero-order valence-electron chi connectivity index (χ0n) is 14.4. The minimum atomic E-state index is 0.0705. The van der Waals surface area contributed by atoms with Crippen LogP contribution in [0.3, 0.4) is 0 Å². The number of rotatable bonds is 7. The van der Waals surface area contributed by atoms with E-state index in [2.05, 4.69) is 51.8 Å². The number of hydrogen-bond donors (Lipinski definition) is 1. The maximum absolute atomic E-state index is 9.68. The van der Waals surface area contributed by atoms with E-state index in [1.165, 1.54) is 5.56 Å². The predicted molar refractivity (Wildman–Crippen MR) is 89.0 cm³/mol. The van der Waals surface area contributed by atoms with Gasteiger partial charge in [-0.25, -0.2) is 0 Å². The molecule has 0 saturated heterocycles. The Morgan fingerprint density at radius 3 is 2.33 bits per heavy atom. The van der Waals surface area contributed by atoms with Crippen LogP contribution in [-0.4, -0.2) is 42.4 Å². The molecule has 0 bridgehead atoms. The summed E-state index contributed by atoms with van der Waals surface area (Å²) >= 11 is 0. The summed E-state index contributed by atoms with van der Waals surface area (Å²) in [6, 6.07) is 8.39. The van der Waals surface area contributed by atoms with Crippen LogP contribution in [0.2, 0.25) is 0 Å². The summed E-state index contributed by atoms with van der Waals surface area (Å²) in [5.74, 6) is 1.37. The van der Waals surface area contributed by atoms with Crippen molar-refractivity contribution in [2.24, 2.45) is 0 Å². The molecule has 1 rings (SSSR count). The maximum atomic E-state index is 9.68. The molecule has 0 saturated carbocycles. The molecule has 0 aromatic heterocycles. The van der Waals surface area contributed by atoms with Gasteiger partial charge in [0.25, 0.3) is 0 Å². The Balaban J connectivity index is 2.68. The van der Waals surface area contributed by atoms with E-state index in [9.17, 15) is 5.11 Å². The normalized spacial score (nSPS) is 15.0. The fourth-order valence-electron chi connectivity index (χ4n) is 2.63. The number of benzene rings is 1. The van der Waals surface area contributed by atoms with Crippen molar-refractivity contribution >= 4 is 0 Å². The van der Waals surface area contributed by atoms with Crippen molar-refractivity contribution in [2.75, 3.05) is 20.8 Å². The van der Waals surface area contributed by atoms with Crippen LogP contribution in [0.15, 0.2) is 24.3 Å². The van der Waals surface area contributed by atoms with Gasteiger partial charge in [-0.1, -0.05) is 25.1 Å². The van der Waals surface area contributed by atoms with Crippen LogP contribution in [0.25, 0.3) is 0 Å². The highest BCUT2D eigenvalue weighted by atomic mass is 16.5. The molecule has 1 aromatic rings. The molecule has 120 valence electrons. The molecule has 0 heterocycles. The summed E-state index contributed by atoms with van der Waals surface area (Å²) in [6.45, 7) is 8.97. The highest BCUT2D eigenvalue weighted by Gasteiger charge is 2.25. The number of nitrogens with zero attached hydrogens (tertiary/aromatic N) is 1. The molecular formula is C18H31NO2.